The molecule has 0 aliphatic carbocycles. The lowest BCUT2D eigenvalue weighted by Gasteiger charge is -2.15. The molecule has 4 N–H and O–H groups in total. The van der Waals surface area contributed by atoms with Gasteiger partial charge < -0.3 is 16.3 Å². The fourth-order valence-electron chi connectivity index (χ4n) is 1.22. The summed E-state index contributed by atoms with van der Waals surface area (Å²) >= 11 is 0. The van der Waals surface area contributed by atoms with Crippen LogP contribution in [0.15, 0.2) is 5.16 Å². The highest BCUT2D eigenvalue weighted by molar-refractivity contribution is 6.01. The van der Waals surface area contributed by atoms with Crippen molar-refractivity contribution in [3.8, 4) is 0 Å². The van der Waals surface area contributed by atoms with Gasteiger partial charge in [0.05, 0.1) is 12.3 Å². The SMILES string of the molecule is CCCC(C(=O)NCCC(F)(F)F)C(N)=NO. The van der Waals surface area contributed by atoms with Gasteiger partial charge >= 0.3 is 6.18 Å². The van der Waals surface area contributed by atoms with Crippen LogP contribution in [0.5, 0.6) is 0 Å². The van der Waals surface area contributed by atoms with Gasteiger partial charge in [-0.15, -0.1) is 0 Å². The van der Waals surface area contributed by atoms with Gasteiger partial charge in [0, 0.05) is 6.54 Å². The van der Waals surface area contributed by atoms with Crippen LogP contribution in [0.3, 0.4) is 0 Å². The molecule has 0 bridgehead atoms. The summed E-state index contributed by atoms with van der Waals surface area (Å²) in [5, 5.41) is 13.2. The van der Waals surface area contributed by atoms with E-state index in [1.807, 2.05) is 0 Å². The van der Waals surface area contributed by atoms with Crippen molar-refractivity contribution in [3.63, 3.8) is 0 Å². The molecule has 1 atom stereocenters. The maximum Gasteiger partial charge on any atom is 0.390 e. The molecular weight excluding hydrogens is 239 g/mol. The van der Waals surface area contributed by atoms with Crippen LogP contribution in [0.1, 0.15) is 26.2 Å². The molecule has 0 saturated heterocycles. The first kappa shape index (κ1) is 15.5. The topological polar surface area (TPSA) is 87.7 Å². The van der Waals surface area contributed by atoms with Gasteiger partial charge in [-0.05, 0) is 6.42 Å². The van der Waals surface area contributed by atoms with Gasteiger partial charge in [-0.2, -0.15) is 13.2 Å². The minimum Gasteiger partial charge on any atom is -0.409 e. The molecule has 0 aliphatic rings. The quantitative estimate of drug-likeness (QED) is 0.288. The number of carbonyl (C=O) groups is 1. The number of amidine groups is 1. The summed E-state index contributed by atoms with van der Waals surface area (Å²) in [6.07, 6.45) is -4.51. The lowest BCUT2D eigenvalue weighted by molar-refractivity contribution is -0.136. The summed E-state index contributed by atoms with van der Waals surface area (Å²) in [6, 6.07) is 0. The number of carbonyl (C=O) groups excluding carboxylic acids is 1. The van der Waals surface area contributed by atoms with E-state index >= 15 is 0 Å². The Morgan fingerprint density at radius 1 is 1.53 bits per heavy atom. The lowest BCUT2D eigenvalue weighted by atomic mass is 10.0. The van der Waals surface area contributed by atoms with E-state index < -0.39 is 31.0 Å². The van der Waals surface area contributed by atoms with Gasteiger partial charge in [-0.25, -0.2) is 0 Å². The zero-order valence-electron chi connectivity index (χ0n) is 9.42. The number of hydrogen-bond donors (Lipinski definition) is 3. The normalized spacial score (nSPS) is 14.5. The molecule has 0 rings (SSSR count). The van der Waals surface area contributed by atoms with Gasteiger partial charge in [-0.3, -0.25) is 4.79 Å². The second kappa shape index (κ2) is 6.97. The Morgan fingerprint density at radius 2 is 2.12 bits per heavy atom. The lowest BCUT2D eigenvalue weighted by Crippen LogP contribution is -2.40. The van der Waals surface area contributed by atoms with E-state index in [-0.39, 0.29) is 5.84 Å². The molecule has 0 heterocycles. The molecule has 1 unspecified atom stereocenters. The van der Waals surface area contributed by atoms with Crippen LogP contribution >= 0.6 is 0 Å². The van der Waals surface area contributed by atoms with Crippen molar-refractivity contribution in [2.75, 3.05) is 6.54 Å². The van der Waals surface area contributed by atoms with Crippen molar-refractivity contribution in [1.82, 2.24) is 5.32 Å². The smallest absolute Gasteiger partial charge is 0.390 e. The van der Waals surface area contributed by atoms with Crippen LogP contribution in [0, 0.1) is 5.92 Å². The van der Waals surface area contributed by atoms with Crippen molar-refractivity contribution in [1.29, 1.82) is 0 Å². The van der Waals surface area contributed by atoms with Crippen LogP contribution in [0.2, 0.25) is 0 Å². The Labute approximate surface area is 96.9 Å². The Balaban J connectivity index is 4.25. The van der Waals surface area contributed by atoms with Gasteiger partial charge in [0.1, 0.15) is 0 Å². The van der Waals surface area contributed by atoms with Crippen LogP contribution < -0.4 is 11.1 Å². The van der Waals surface area contributed by atoms with Crippen molar-refractivity contribution in [2.45, 2.75) is 32.4 Å². The molecule has 8 heteroatoms. The van der Waals surface area contributed by atoms with Gasteiger partial charge in [0.2, 0.25) is 5.91 Å². The predicted octanol–water partition coefficient (Wildman–Crippen LogP) is 1.22. The molecule has 0 aromatic heterocycles. The van der Waals surface area contributed by atoms with Crippen LogP contribution in [0.25, 0.3) is 0 Å². The zero-order valence-corrected chi connectivity index (χ0v) is 9.42. The molecule has 0 spiro atoms. The van der Waals surface area contributed by atoms with E-state index in [4.69, 9.17) is 10.9 Å². The summed E-state index contributed by atoms with van der Waals surface area (Å²) in [5.74, 6) is -1.85. The number of hydrogen-bond acceptors (Lipinski definition) is 3. The molecule has 100 valence electrons. The average molecular weight is 255 g/mol. The highest BCUT2D eigenvalue weighted by atomic mass is 19.4. The fourth-order valence-corrected chi connectivity index (χ4v) is 1.22. The molecule has 1 amide bonds. The van der Waals surface area contributed by atoms with Crippen LogP contribution in [-0.2, 0) is 4.79 Å². The zero-order chi connectivity index (χ0) is 13.5. The number of rotatable bonds is 6. The van der Waals surface area contributed by atoms with Crippen molar-refractivity contribution in [3.05, 3.63) is 0 Å². The van der Waals surface area contributed by atoms with E-state index in [0.717, 1.165) is 0 Å². The number of nitrogens with one attached hydrogen (secondary N) is 1. The number of alkyl halides is 3. The molecule has 5 nitrogen and oxygen atoms in total. The summed E-state index contributed by atoms with van der Waals surface area (Å²) in [5.41, 5.74) is 5.28. The largest absolute Gasteiger partial charge is 0.409 e. The Hall–Kier alpha value is -1.47. The molecule has 0 fully saturated rings. The molecule has 0 saturated carbocycles. The molecule has 0 aliphatic heterocycles. The average Bonchev–Trinajstić information content (AvgIpc) is 2.22. The van der Waals surface area contributed by atoms with E-state index in [2.05, 4.69) is 10.5 Å². The number of nitrogens with zero attached hydrogens (tertiary/aromatic N) is 1. The molecule has 0 aromatic carbocycles. The number of amides is 1. The summed E-state index contributed by atoms with van der Waals surface area (Å²) in [7, 11) is 0. The van der Waals surface area contributed by atoms with E-state index in [9.17, 15) is 18.0 Å². The van der Waals surface area contributed by atoms with E-state index in [0.29, 0.717) is 12.8 Å². The third-order valence-electron chi connectivity index (χ3n) is 2.07. The first-order chi connectivity index (χ1) is 7.81. The van der Waals surface area contributed by atoms with E-state index in [1.165, 1.54) is 0 Å². The predicted molar refractivity (Wildman–Crippen MR) is 55.5 cm³/mol. The Kier molecular flexibility index (Phi) is 6.37. The second-order valence-electron chi connectivity index (χ2n) is 3.52. The summed E-state index contributed by atoms with van der Waals surface area (Å²) in [4.78, 5) is 11.5. The van der Waals surface area contributed by atoms with Crippen molar-refractivity contribution in [2.24, 2.45) is 16.8 Å². The highest BCUT2D eigenvalue weighted by Crippen LogP contribution is 2.18. The molecular formula is C9H16F3N3O2. The summed E-state index contributed by atoms with van der Waals surface area (Å²) < 4.78 is 35.5. The third kappa shape index (κ3) is 6.64. The summed E-state index contributed by atoms with van der Waals surface area (Å²) in [6.45, 7) is 1.27. The number of halogens is 3. The van der Waals surface area contributed by atoms with Crippen LogP contribution in [-0.4, -0.2) is 29.7 Å². The number of oxime groups is 1. The maximum atomic E-state index is 11.8. The molecule has 0 aromatic rings. The van der Waals surface area contributed by atoms with Gasteiger partial charge in [0.15, 0.2) is 5.84 Å². The van der Waals surface area contributed by atoms with Crippen molar-refractivity contribution < 1.29 is 23.2 Å². The highest BCUT2D eigenvalue weighted by Gasteiger charge is 2.28. The first-order valence-electron chi connectivity index (χ1n) is 5.13. The molecule has 17 heavy (non-hydrogen) atoms. The minimum absolute atomic E-state index is 0.295. The molecule has 0 radical (unpaired) electrons. The van der Waals surface area contributed by atoms with Crippen LogP contribution in [0.4, 0.5) is 13.2 Å². The number of nitrogens with two attached hydrogens (primary N) is 1. The second-order valence-corrected chi connectivity index (χ2v) is 3.52. The van der Waals surface area contributed by atoms with Gasteiger partial charge in [-0.1, -0.05) is 18.5 Å². The van der Waals surface area contributed by atoms with E-state index in [1.54, 1.807) is 6.92 Å². The maximum absolute atomic E-state index is 11.8. The third-order valence-corrected chi connectivity index (χ3v) is 2.07. The monoisotopic (exact) mass is 255 g/mol. The Morgan fingerprint density at radius 3 is 2.53 bits per heavy atom. The fraction of sp³-hybridized carbons (Fsp3) is 0.778. The first-order valence-corrected chi connectivity index (χ1v) is 5.13. The standard InChI is InChI=1S/C9H16F3N3O2/c1-2-3-6(7(13)15-17)8(16)14-5-4-9(10,11)12/h6,17H,2-5H2,1H3,(H2,13,15)(H,14,16). The van der Waals surface area contributed by atoms with Crippen molar-refractivity contribution >= 4 is 11.7 Å². The Bertz CT molecular complexity index is 279. The minimum atomic E-state index is -4.32. The van der Waals surface area contributed by atoms with Gasteiger partial charge in [0.25, 0.3) is 0 Å².